The highest BCUT2D eigenvalue weighted by Crippen LogP contribution is 2.30. The number of aromatic nitrogens is 2. The summed E-state index contributed by atoms with van der Waals surface area (Å²) < 4.78 is 11.2. The monoisotopic (exact) mass is 391 g/mol. The molecule has 0 saturated carbocycles. The second-order valence-corrected chi connectivity index (χ2v) is 7.46. The van der Waals surface area contributed by atoms with Crippen LogP contribution in [0.25, 0.3) is 11.4 Å². The molecule has 0 bridgehead atoms. The largest absolute Gasteiger partial charge is 0.481 e. The summed E-state index contributed by atoms with van der Waals surface area (Å²) in [6.45, 7) is 3.94. The van der Waals surface area contributed by atoms with E-state index in [4.69, 9.17) is 9.26 Å². The van der Waals surface area contributed by atoms with Crippen LogP contribution in [0.2, 0.25) is 0 Å². The smallest absolute Gasteiger partial charge is 0.261 e. The molecule has 1 heterocycles. The topological polar surface area (TPSA) is 77.2 Å². The van der Waals surface area contributed by atoms with Crippen LogP contribution in [0.15, 0.2) is 47.0 Å². The number of aryl methyl sites for hydroxylation is 2. The van der Waals surface area contributed by atoms with E-state index in [0.717, 1.165) is 30.6 Å². The molecular formula is C23H25N3O3. The Morgan fingerprint density at radius 2 is 1.97 bits per heavy atom. The number of fused-ring (bicyclic) bond motifs is 1. The fraction of sp³-hybridized carbons (Fsp3) is 0.348. The lowest BCUT2D eigenvalue weighted by atomic mass is 9.91. The third-order valence-corrected chi connectivity index (χ3v) is 5.22. The van der Waals surface area contributed by atoms with Gasteiger partial charge in [-0.2, -0.15) is 4.98 Å². The SMILES string of the molecule is Cc1ccc(-c2noc(CNC(=O)[C@@H](C)Oc3cccc4c3CCCC4)n2)cc1. The summed E-state index contributed by atoms with van der Waals surface area (Å²) in [6, 6.07) is 14.0. The summed E-state index contributed by atoms with van der Waals surface area (Å²) in [7, 11) is 0. The van der Waals surface area contributed by atoms with Crippen molar-refractivity contribution in [2.75, 3.05) is 0 Å². The van der Waals surface area contributed by atoms with E-state index < -0.39 is 6.10 Å². The van der Waals surface area contributed by atoms with Gasteiger partial charge in [0.15, 0.2) is 6.10 Å². The van der Waals surface area contributed by atoms with Gasteiger partial charge >= 0.3 is 0 Å². The van der Waals surface area contributed by atoms with E-state index in [-0.39, 0.29) is 12.5 Å². The van der Waals surface area contributed by atoms with Crippen molar-refractivity contribution in [1.29, 1.82) is 0 Å². The van der Waals surface area contributed by atoms with E-state index >= 15 is 0 Å². The third-order valence-electron chi connectivity index (χ3n) is 5.22. The lowest BCUT2D eigenvalue weighted by Gasteiger charge is -2.21. The number of ether oxygens (including phenoxy) is 1. The summed E-state index contributed by atoms with van der Waals surface area (Å²) in [5.74, 6) is 1.46. The molecule has 1 amide bonds. The molecule has 0 radical (unpaired) electrons. The van der Waals surface area contributed by atoms with Gasteiger partial charge in [-0.15, -0.1) is 0 Å². The van der Waals surface area contributed by atoms with Gasteiger partial charge in [0.2, 0.25) is 11.7 Å². The zero-order valence-corrected chi connectivity index (χ0v) is 16.8. The predicted octanol–water partition coefficient (Wildman–Crippen LogP) is 4.01. The van der Waals surface area contributed by atoms with Crippen LogP contribution in [-0.2, 0) is 24.2 Å². The van der Waals surface area contributed by atoms with Gasteiger partial charge in [0.05, 0.1) is 6.54 Å². The van der Waals surface area contributed by atoms with Crippen molar-refractivity contribution in [1.82, 2.24) is 15.5 Å². The molecule has 0 spiro atoms. The first-order valence-electron chi connectivity index (χ1n) is 10.0. The number of carbonyl (C=O) groups excluding carboxylic acids is 1. The Labute approximate surface area is 170 Å². The molecule has 0 unspecified atom stereocenters. The van der Waals surface area contributed by atoms with E-state index in [1.165, 1.54) is 23.1 Å². The highest BCUT2D eigenvalue weighted by Gasteiger charge is 2.20. The fourth-order valence-electron chi connectivity index (χ4n) is 3.55. The van der Waals surface area contributed by atoms with Gasteiger partial charge < -0.3 is 14.6 Å². The summed E-state index contributed by atoms with van der Waals surface area (Å²) in [5.41, 5.74) is 4.61. The average Bonchev–Trinajstić information content (AvgIpc) is 3.22. The maximum absolute atomic E-state index is 12.5. The molecule has 6 heteroatoms. The molecule has 2 aromatic carbocycles. The molecule has 0 saturated heterocycles. The van der Waals surface area contributed by atoms with Crippen molar-refractivity contribution < 1.29 is 14.1 Å². The zero-order valence-electron chi connectivity index (χ0n) is 16.8. The first-order valence-corrected chi connectivity index (χ1v) is 10.0. The number of amides is 1. The summed E-state index contributed by atoms with van der Waals surface area (Å²) >= 11 is 0. The summed E-state index contributed by atoms with van der Waals surface area (Å²) in [6.07, 6.45) is 3.84. The molecule has 1 aromatic heterocycles. The van der Waals surface area contributed by atoms with Gasteiger partial charge in [0, 0.05) is 5.56 Å². The van der Waals surface area contributed by atoms with E-state index in [0.29, 0.717) is 11.7 Å². The number of rotatable bonds is 6. The minimum atomic E-state index is -0.608. The maximum atomic E-state index is 12.5. The third kappa shape index (κ3) is 4.47. The van der Waals surface area contributed by atoms with Gasteiger partial charge in [-0.1, -0.05) is 47.1 Å². The van der Waals surface area contributed by atoms with E-state index in [2.05, 4.69) is 21.5 Å². The summed E-state index contributed by atoms with van der Waals surface area (Å²) in [4.78, 5) is 16.8. The standard InChI is InChI=1S/C23H25N3O3/c1-15-10-12-18(13-11-15)22-25-21(29-26-22)14-24-23(27)16(2)28-20-9-5-7-17-6-3-4-8-19(17)20/h5,7,9-13,16H,3-4,6,8,14H2,1-2H3,(H,24,27)/t16-/m1/s1. The minimum Gasteiger partial charge on any atom is -0.481 e. The molecule has 1 aliphatic carbocycles. The second-order valence-electron chi connectivity index (χ2n) is 7.46. The zero-order chi connectivity index (χ0) is 20.2. The quantitative estimate of drug-likeness (QED) is 0.687. The number of hydrogen-bond donors (Lipinski definition) is 1. The van der Waals surface area contributed by atoms with Crippen molar-refractivity contribution in [3.63, 3.8) is 0 Å². The molecule has 3 aromatic rings. The molecule has 0 aliphatic heterocycles. The number of carbonyl (C=O) groups is 1. The number of nitrogens with one attached hydrogen (secondary N) is 1. The van der Waals surface area contributed by atoms with Gasteiger partial charge in [0.25, 0.3) is 5.91 Å². The van der Waals surface area contributed by atoms with Crippen LogP contribution in [0.3, 0.4) is 0 Å². The van der Waals surface area contributed by atoms with Crippen molar-refractivity contribution in [3.8, 4) is 17.1 Å². The van der Waals surface area contributed by atoms with Crippen molar-refractivity contribution in [2.45, 2.75) is 52.2 Å². The molecule has 1 atom stereocenters. The van der Waals surface area contributed by atoms with Crippen LogP contribution >= 0.6 is 0 Å². The molecule has 4 rings (SSSR count). The van der Waals surface area contributed by atoms with Crippen LogP contribution in [0.4, 0.5) is 0 Å². The highest BCUT2D eigenvalue weighted by atomic mass is 16.5. The van der Waals surface area contributed by atoms with Gasteiger partial charge in [-0.05, 0) is 56.7 Å². The maximum Gasteiger partial charge on any atom is 0.261 e. The predicted molar refractivity (Wildman–Crippen MR) is 109 cm³/mol. The molecule has 6 nitrogen and oxygen atoms in total. The molecule has 1 N–H and O–H groups in total. The normalized spacial score (nSPS) is 14.1. The number of benzene rings is 2. The van der Waals surface area contributed by atoms with Crippen LogP contribution in [0.5, 0.6) is 5.75 Å². The molecule has 29 heavy (non-hydrogen) atoms. The minimum absolute atomic E-state index is 0.165. The van der Waals surface area contributed by atoms with E-state index in [1.807, 2.05) is 43.3 Å². The first-order chi connectivity index (χ1) is 14.1. The van der Waals surface area contributed by atoms with Gasteiger partial charge in [0.1, 0.15) is 5.75 Å². The molecule has 150 valence electrons. The highest BCUT2D eigenvalue weighted by molar-refractivity contribution is 5.80. The van der Waals surface area contributed by atoms with Gasteiger partial charge in [-0.3, -0.25) is 4.79 Å². The lowest BCUT2D eigenvalue weighted by molar-refractivity contribution is -0.127. The Morgan fingerprint density at radius 3 is 2.79 bits per heavy atom. The second kappa shape index (κ2) is 8.47. The Hall–Kier alpha value is -3.15. The average molecular weight is 391 g/mol. The van der Waals surface area contributed by atoms with Crippen LogP contribution in [0, 0.1) is 6.92 Å². The Kier molecular flexibility index (Phi) is 5.60. The Morgan fingerprint density at radius 1 is 1.17 bits per heavy atom. The van der Waals surface area contributed by atoms with Crippen LogP contribution < -0.4 is 10.1 Å². The van der Waals surface area contributed by atoms with Crippen LogP contribution in [0.1, 0.15) is 42.3 Å². The van der Waals surface area contributed by atoms with Crippen molar-refractivity contribution in [3.05, 3.63) is 65.0 Å². The molecular weight excluding hydrogens is 366 g/mol. The number of hydrogen-bond acceptors (Lipinski definition) is 5. The Balaban J connectivity index is 1.35. The molecule has 0 fully saturated rings. The first kappa shape index (κ1) is 19.2. The van der Waals surface area contributed by atoms with E-state index in [1.54, 1.807) is 6.92 Å². The molecule has 1 aliphatic rings. The van der Waals surface area contributed by atoms with Crippen LogP contribution in [-0.4, -0.2) is 22.2 Å². The van der Waals surface area contributed by atoms with Gasteiger partial charge in [-0.25, -0.2) is 0 Å². The fourth-order valence-corrected chi connectivity index (χ4v) is 3.55. The lowest BCUT2D eigenvalue weighted by Crippen LogP contribution is -2.36. The number of nitrogens with zero attached hydrogens (tertiary/aromatic N) is 2. The summed E-state index contributed by atoms with van der Waals surface area (Å²) in [5, 5.41) is 6.80. The Bertz CT molecular complexity index is 995. The van der Waals surface area contributed by atoms with Crippen molar-refractivity contribution >= 4 is 5.91 Å². The van der Waals surface area contributed by atoms with Crippen molar-refractivity contribution in [2.24, 2.45) is 0 Å². The van der Waals surface area contributed by atoms with E-state index in [9.17, 15) is 4.79 Å².